The van der Waals surface area contributed by atoms with Gasteiger partial charge < -0.3 is 4.98 Å². The van der Waals surface area contributed by atoms with Crippen molar-refractivity contribution in [3.63, 3.8) is 0 Å². The number of thiazole rings is 1. The molecular weight excluding hydrogens is 506 g/mol. The van der Waals surface area contributed by atoms with Gasteiger partial charge in [0.2, 0.25) is 11.8 Å². The number of halogens is 1. The normalized spacial score (nSPS) is 22.4. The minimum absolute atomic E-state index is 0.0710. The van der Waals surface area contributed by atoms with Crippen LogP contribution in [0.2, 0.25) is 0 Å². The molecule has 2 aliphatic heterocycles. The fourth-order valence-corrected chi connectivity index (χ4v) is 6.80. The van der Waals surface area contributed by atoms with E-state index in [1.54, 1.807) is 36.4 Å². The number of hydrogen-bond acceptors (Lipinski definition) is 7. The van der Waals surface area contributed by atoms with E-state index >= 15 is 0 Å². The Hall–Kier alpha value is -2.76. The summed E-state index contributed by atoms with van der Waals surface area (Å²) in [6.45, 7) is 0. The first kappa shape index (κ1) is 20.2. The Kier molecular flexibility index (Phi) is 4.83. The molecule has 2 aliphatic rings. The van der Waals surface area contributed by atoms with Gasteiger partial charge in [-0.2, -0.15) is 0 Å². The fourth-order valence-electron chi connectivity index (χ4n) is 4.02. The molecule has 3 heterocycles. The third-order valence-electron chi connectivity index (χ3n) is 5.37. The zero-order valence-electron chi connectivity index (χ0n) is 15.5. The molecule has 0 aliphatic carbocycles. The predicted octanol–water partition coefficient (Wildman–Crippen LogP) is 3.90. The number of fused-ring (bicyclic) bond motifs is 2. The molecule has 0 spiro atoms. The molecule has 11 heteroatoms. The van der Waals surface area contributed by atoms with Crippen molar-refractivity contribution in [1.29, 1.82) is 0 Å². The van der Waals surface area contributed by atoms with Crippen LogP contribution in [0.5, 0.6) is 0 Å². The van der Waals surface area contributed by atoms with Gasteiger partial charge in [-0.05, 0) is 29.8 Å². The average molecular weight is 518 g/mol. The Labute approximate surface area is 191 Å². The third-order valence-corrected chi connectivity index (χ3v) is 8.30. The molecule has 8 nitrogen and oxygen atoms in total. The van der Waals surface area contributed by atoms with Crippen LogP contribution in [0, 0.1) is 16.0 Å². The van der Waals surface area contributed by atoms with Crippen LogP contribution in [-0.2, 0) is 9.59 Å². The predicted molar refractivity (Wildman–Crippen MR) is 120 cm³/mol. The summed E-state index contributed by atoms with van der Waals surface area (Å²) in [6, 6.07) is 12.8. The Morgan fingerprint density at radius 2 is 1.68 bits per heavy atom. The summed E-state index contributed by atoms with van der Waals surface area (Å²) in [4.78, 5) is 53.7. The highest BCUT2D eigenvalue weighted by Gasteiger charge is 2.56. The standard InChI is InChI=1S/C20H12BrN3O5S2/c21-10-3-7-11(8-4-10)23-18(25)14-13(9-1-5-12(6-2-9)24(28)29)15-17(22-20(27)31-15)30-16(14)19(23)26/h1-8,13-14,16H,(H,22,27)/t13-,14-,16+/m0/s1. The van der Waals surface area contributed by atoms with Crippen LogP contribution in [-0.4, -0.2) is 27.0 Å². The number of nitro benzene ring substituents is 1. The maximum atomic E-state index is 13.5. The second-order valence-corrected chi connectivity index (χ2v) is 10.2. The molecule has 5 rings (SSSR count). The van der Waals surface area contributed by atoms with Gasteiger partial charge in [0.15, 0.2) is 0 Å². The van der Waals surface area contributed by atoms with E-state index in [9.17, 15) is 24.5 Å². The van der Waals surface area contributed by atoms with Crippen molar-refractivity contribution in [2.24, 2.45) is 5.92 Å². The highest BCUT2D eigenvalue weighted by molar-refractivity contribution is 9.10. The molecule has 0 saturated carbocycles. The monoisotopic (exact) mass is 517 g/mol. The molecule has 3 aromatic rings. The molecule has 156 valence electrons. The molecule has 0 unspecified atom stereocenters. The number of rotatable bonds is 3. The first-order valence-electron chi connectivity index (χ1n) is 9.12. The molecule has 1 aromatic heterocycles. The smallest absolute Gasteiger partial charge is 0.305 e. The average Bonchev–Trinajstić information content (AvgIpc) is 3.24. The number of aromatic nitrogens is 1. The number of anilines is 1. The number of nitrogens with zero attached hydrogens (tertiary/aromatic N) is 2. The Morgan fingerprint density at radius 1 is 1.00 bits per heavy atom. The summed E-state index contributed by atoms with van der Waals surface area (Å²) >= 11 is 5.54. The number of nitro groups is 1. The number of amides is 2. The molecule has 31 heavy (non-hydrogen) atoms. The van der Waals surface area contributed by atoms with Gasteiger partial charge in [-0.1, -0.05) is 51.2 Å². The largest absolute Gasteiger partial charge is 0.307 e. The van der Waals surface area contributed by atoms with Gasteiger partial charge in [0.05, 0.1) is 21.6 Å². The van der Waals surface area contributed by atoms with Crippen molar-refractivity contribution < 1.29 is 14.5 Å². The van der Waals surface area contributed by atoms with E-state index < -0.39 is 22.0 Å². The number of hydrogen-bond donors (Lipinski definition) is 1. The molecule has 0 bridgehead atoms. The van der Waals surface area contributed by atoms with Gasteiger partial charge >= 0.3 is 4.87 Å². The maximum absolute atomic E-state index is 13.5. The summed E-state index contributed by atoms with van der Waals surface area (Å²) in [5.74, 6) is -1.96. The quantitative estimate of drug-likeness (QED) is 0.320. The SMILES string of the molecule is O=C1[C@H]2[C@H](c3ccc([N+](=O)[O-])cc3)c3sc(=O)[nH]c3S[C@H]2C(=O)N1c1ccc(Br)cc1. The van der Waals surface area contributed by atoms with Crippen molar-refractivity contribution in [3.8, 4) is 0 Å². The highest BCUT2D eigenvalue weighted by atomic mass is 79.9. The molecular formula is C20H12BrN3O5S2. The molecule has 1 fully saturated rings. The van der Waals surface area contributed by atoms with Crippen LogP contribution in [0.4, 0.5) is 11.4 Å². The van der Waals surface area contributed by atoms with Gasteiger partial charge in [-0.15, -0.1) is 0 Å². The van der Waals surface area contributed by atoms with Crippen molar-refractivity contribution >= 4 is 62.2 Å². The first-order valence-corrected chi connectivity index (χ1v) is 11.6. The number of H-pyrrole nitrogens is 1. The van der Waals surface area contributed by atoms with E-state index in [1.807, 2.05) is 0 Å². The van der Waals surface area contributed by atoms with E-state index in [0.29, 0.717) is 21.2 Å². The van der Waals surface area contributed by atoms with Gasteiger partial charge in [0.1, 0.15) is 5.25 Å². The minimum atomic E-state index is -0.721. The first-order chi connectivity index (χ1) is 14.8. The molecule has 1 saturated heterocycles. The van der Waals surface area contributed by atoms with Crippen molar-refractivity contribution in [3.05, 3.63) is 83.2 Å². The summed E-state index contributed by atoms with van der Waals surface area (Å²) in [6.07, 6.45) is 0. The Balaban J connectivity index is 1.63. The molecule has 2 amide bonds. The molecule has 0 radical (unpaired) electrons. The summed E-state index contributed by atoms with van der Waals surface area (Å²) in [7, 11) is 0. The van der Waals surface area contributed by atoms with Gasteiger partial charge in [-0.25, -0.2) is 4.90 Å². The summed E-state index contributed by atoms with van der Waals surface area (Å²) in [5.41, 5.74) is 1.06. The lowest BCUT2D eigenvalue weighted by Crippen LogP contribution is -2.32. The molecule has 2 aromatic carbocycles. The van der Waals surface area contributed by atoms with E-state index in [1.165, 1.54) is 28.8 Å². The summed E-state index contributed by atoms with van der Waals surface area (Å²) in [5, 5.41) is 10.9. The topological polar surface area (TPSA) is 113 Å². The van der Waals surface area contributed by atoms with Crippen LogP contribution in [0.1, 0.15) is 16.4 Å². The minimum Gasteiger partial charge on any atom is -0.307 e. The lowest BCUT2D eigenvalue weighted by molar-refractivity contribution is -0.384. The highest BCUT2D eigenvalue weighted by Crippen LogP contribution is 2.53. The second kappa shape index (κ2) is 7.43. The number of nitrogens with one attached hydrogen (secondary N) is 1. The Bertz CT molecular complexity index is 1290. The number of non-ortho nitro benzene ring substituents is 1. The van der Waals surface area contributed by atoms with Crippen molar-refractivity contribution in [2.45, 2.75) is 16.2 Å². The van der Waals surface area contributed by atoms with Gasteiger partial charge in [0.25, 0.3) is 5.69 Å². The zero-order valence-corrected chi connectivity index (χ0v) is 18.7. The molecule has 1 N–H and O–H groups in total. The van der Waals surface area contributed by atoms with E-state index in [0.717, 1.165) is 15.8 Å². The van der Waals surface area contributed by atoms with Crippen molar-refractivity contribution in [2.75, 3.05) is 4.90 Å². The number of carbonyl (C=O) groups excluding carboxylic acids is 2. The van der Waals surface area contributed by atoms with E-state index in [4.69, 9.17) is 0 Å². The lowest BCUT2D eigenvalue weighted by Gasteiger charge is -2.29. The number of aromatic amines is 1. The van der Waals surface area contributed by atoms with E-state index in [2.05, 4.69) is 20.9 Å². The van der Waals surface area contributed by atoms with Crippen LogP contribution in [0.25, 0.3) is 0 Å². The second-order valence-electron chi connectivity index (χ2n) is 7.09. The zero-order chi connectivity index (χ0) is 21.9. The fraction of sp³-hybridized carbons (Fsp3) is 0.150. The number of imide groups is 1. The van der Waals surface area contributed by atoms with Crippen molar-refractivity contribution in [1.82, 2.24) is 4.98 Å². The van der Waals surface area contributed by atoms with Gasteiger partial charge in [0, 0.05) is 27.4 Å². The van der Waals surface area contributed by atoms with Crippen LogP contribution < -0.4 is 9.77 Å². The number of thioether (sulfide) groups is 1. The Morgan fingerprint density at radius 3 is 2.32 bits per heavy atom. The van der Waals surface area contributed by atoms with Gasteiger partial charge in [-0.3, -0.25) is 24.5 Å². The number of carbonyl (C=O) groups is 2. The number of benzene rings is 2. The van der Waals surface area contributed by atoms with E-state index in [-0.39, 0.29) is 22.4 Å². The van der Waals surface area contributed by atoms with Crippen LogP contribution >= 0.6 is 39.0 Å². The third kappa shape index (κ3) is 3.24. The van der Waals surface area contributed by atoms with Crippen LogP contribution in [0.3, 0.4) is 0 Å². The maximum Gasteiger partial charge on any atom is 0.305 e. The molecule has 3 atom stereocenters. The summed E-state index contributed by atoms with van der Waals surface area (Å²) < 4.78 is 0.825. The van der Waals surface area contributed by atoms with Crippen LogP contribution in [0.15, 0.2) is 62.8 Å². The lowest BCUT2D eigenvalue weighted by atomic mass is 9.83.